The average Bonchev–Trinajstić information content (AvgIpc) is 2.69. The molecule has 1 aliphatic heterocycles. The molecule has 0 spiro atoms. The van der Waals surface area contributed by atoms with Crippen LogP contribution in [0.4, 0.5) is 4.39 Å². The average molecular weight is 405 g/mol. The van der Waals surface area contributed by atoms with Gasteiger partial charge in [0.15, 0.2) is 0 Å². The van der Waals surface area contributed by atoms with Crippen molar-refractivity contribution in [3.05, 3.63) is 65.5 Å². The summed E-state index contributed by atoms with van der Waals surface area (Å²) >= 11 is 0. The highest BCUT2D eigenvalue weighted by Crippen LogP contribution is 2.24. The number of nitrogens with zero attached hydrogens (tertiary/aromatic N) is 1. The van der Waals surface area contributed by atoms with Crippen LogP contribution in [0.2, 0.25) is 0 Å². The van der Waals surface area contributed by atoms with Crippen molar-refractivity contribution in [3.63, 3.8) is 0 Å². The number of hydrogen-bond donors (Lipinski definition) is 0. The maximum atomic E-state index is 13.0. The monoisotopic (exact) mass is 405 g/mol. The summed E-state index contributed by atoms with van der Waals surface area (Å²) in [6.45, 7) is 4.85. The van der Waals surface area contributed by atoms with Crippen LogP contribution < -0.4 is 0 Å². The van der Waals surface area contributed by atoms with Crippen LogP contribution in [0.15, 0.2) is 53.4 Å². The Morgan fingerprint density at radius 2 is 1.64 bits per heavy atom. The molecule has 0 radical (unpaired) electrons. The van der Waals surface area contributed by atoms with Gasteiger partial charge in [-0.3, -0.25) is 0 Å². The van der Waals surface area contributed by atoms with Crippen molar-refractivity contribution >= 4 is 16.0 Å². The van der Waals surface area contributed by atoms with Gasteiger partial charge in [-0.15, -0.1) is 0 Å². The number of piperidine rings is 1. The van der Waals surface area contributed by atoms with Crippen LogP contribution >= 0.6 is 0 Å². The van der Waals surface area contributed by atoms with Crippen molar-refractivity contribution in [3.8, 4) is 0 Å². The van der Waals surface area contributed by atoms with E-state index in [1.165, 1.54) is 40.7 Å². The third kappa shape index (κ3) is 4.59. The molecule has 0 bridgehead atoms. The highest BCUT2D eigenvalue weighted by atomic mass is 32.2. The number of carbonyl (C=O) groups excluding carboxylic acids is 1. The highest BCUT2D eigenvalue weighted by Gasteiger charge is 2.28. The summed E-state index contributed by atoms with van der Waals surface area (Å²) in [5.41, 5.74) is 0.938. The van der Waals surface area contributed by atoms with Crippen LogP contribution in [0.25, 0.3) is 0 Å². The standard InChI is InChI=1S/C21H24FNO4S/c1-15-11-13-23(14-12-15)28(25,26)20-9-5-18(6-10-20)21(24)27-16(2)17-3-7-19(22)8-4-17/h3-10,15-16H,11-14H2,1-2H3/t16-/m0/s1. The Morgan fingerprint density at radius 3 is 2.21 bits per heavy atom. The number of rotatable bonds is 5. The van der Waals surface area contributed by atoms with E-state index >= 15 is 0 Å². The molecule has 0 unspecified atom stereocenters. The van der Waals surface area contributed by atoms with E-state index in [2.05, 4.69) is 6.92 Å². The number of sulfonamides is 1. The minimum Gasteiger partial charge on any atom is -0.454 e. The lowest BCUT2D eigenvalue weighted by atomic mass is 10.0. The molecule has 0 aliphatic carbocycles. The SMILES string of the molecule is CC1CCN(S(=O)(=O)c2ccc(C(=O)O[C@@H](C)c3ccc(F)cc3)cc2)CC1. The van der Waals surface area contributed by atoms with Gasteiger partial charge in [0.25, 0.3) is 0 Å². The molecule has 150 valence electrons. The molecule has 2 aromatic rings. The van der Waals surface area contributed by atoms with Gasteiger partial charge in [-0.2, -0.15) is 4.31 Å². The van der Waals surface area contributed by atoms with Crippen LogP contribution in [-0.4, -0.2) is 31.8 Å². The molecule has 1 aliphatic rings. The molecule has 2 aromatic carbocycles. The van der Waals surface area contributed by atoms with E-state index in [4.69, 9.17) is 4.74 Å². The first-order valence-electron chi connectivity index (χ1n) is 9.34. The van der Waals surface area contributed by atoms with Crippen molar-refractivity contribution in [1.82, 2.24) is 4.31 Å². The topological polar surface area (TPSA) is 63.7 Å². The maximum Gasteiger partial charge on any atom is 0.338 e. The second-order valence-electron chi connectivity index (χ2n) is 7.21. The molecule has 5 nitrogen and oxygen atoms in total. The zero-order valence-corrected chi connectivity index (χ0v) is 16.8. The third-order valence-electron chi connectivity index (χ3n) is 5.09. The molecule has 1 atom stereocenters. The van der Waals surface area contributed by atoms with Crippen LogP contribution in [0, 0.1) is 11.7 Å². The van der Waals surface area contributed by atoms with Gasteiger partial charge in [-0.25, -0.2) is 17.6 Å². The smallest absolute Gasteiger partial charge is 0.338 e. The number of carbonyl (C=O) groups is 1. The number of esters is 1. The highest BCUT2D eigenvalue weighted by molar-refractivity contribution is 7.89. The van der Waals surface area contributed by atoms with E-state index in [9.17, 15) is 17.6 Å². The molecule has 0 amide bonds. The lowest BCUT2D eigenvalue weighted by molar-refractivity contribution is 0.0337. The maximum absolute atomic E-state index is 13.0. The zero-order valence-electron chi connectivity index (χ0n) is 16.0. The minimum absolute atomic E-state index is 0.171. The van der Waals surface area contributed by atoms with Crippen LogP contribution in [-0.2, 0) is 14.8 Å². The first kappa shape index (κ1) is 20.5. The normalized spacial score (nSPS) is 17.2. The van der Waals surface area contributed by atoms with Crippen LogP contribution in [0.5, 0.6) is 0 Å². The van der Waals surface area contributed by atoms with E-state index in [0.717, 1.165) is 12.8 Å². The molecule has 1 saturated heterocycles. The number of hydrogen-bond acceptors (Lipinski definition) is 4. The van der Waals surface area contributed by atoms with E-state index in [0.29, 0.717) is 24.6 Å². The fourth-order valence-electron chi connectivity index (χ4n) is 3.17. The molecule has 1 heterocycles. The summed E-state index contributed by atoms with van der Waals surface area (Å²) in [6.07, 6.45) is 1.15. The van der Waals surface area contributed by atoms with Gasteiger partial charge in [0.2, 0.25) is 10.0 Å². The fraction of sp³-hybridized carbons (Fsp3) is 0.381. The van der Waals surface area contributed by atoms with E-state index in [-0.39, 0.29) is 16.3 Å². The summed E-state index contributed by atoms with van der Waals surface area (Å²) in [5, 5.41) is 0. The lowest BCUT2D eigenvalue weighted by Crippen LogP contribution is -2.37. The van der Waals surface area contributed by atoms with Crippen LogP contribution in [0.1, 0.15) is 48.7 Å². The van der Waals surface area contributed by atoms with Crippen LogP contribution in [0.3, 0.4) is 0 Å². The molecule has 0 aromatic heterocycles. The first-order valence-corrected chi connectivity index (χ1v) is 10.8. The summed E-state index contributed by atoms with van der Waals surface area (Å²) in [4.78, 5) is 12.5. The molecule has 7 heteroatoms. The van der Waals surface area contributed by atoms with Gasteiger partial charge in [-0.05, 0) is 67.6 Å². The molecule has 28 heavy (non-hydrogen) atoms. The van der Waals surface area contributed by atoms with Gasteiger partial charge in [0.1, 0.15) is 11.9 Å². The van der Waals surface area contributed by atoms with Crippen molar-refractivity contribution in [2.45, 2.75) is 37.7 Å². The summed E-state index contributed by atoms with van der Waals surface area (Å²) < 4.78 is 45.4. The predicted octanol–water partition coefficient (Wildman–Crippen LogP) is 4.16. The second-order valence-corrected chi connectivity index (χ2v) is 9.15. The number of ether oxygens (including phenoxy) is 1. The Labute approximate surface area is 165 Å². The fourth-order valence-corrected chi connectivity index (χ4v) is 4.64. The van der Waals surface area contributed by atoms with Gasteiger partial charge >= 0.3 is 5.97 Å². The van der Waals surface area contributed by atoms with Crippen molar-refractivity contribution < 1.29 is 22.3 Å². The Hall–Kier alpha value is -2.25. The summed E-state index contributed by atoms with van der Waals surface area (Å²) in [5.74, 6) is -0.387. The Morgan fingerprint density at radius 1 is 1.07 bits per heavy atom. The largest absolute Gasteiger partial charge is 0.454 e. The molecule has 0 saturated carbocycles. The summed E-state index contributed by atoms with van der Waals surface area (Å²) in [6, 6.07) is 11.5. The first-order chi connectivity index (χ1) is 13.3. The number of benzene rings is 2. The second kappa shape index (κ2) is 8.41. The van der Waals surface area contributed by atoms with Gasteiger partial charge in [0, 0.05) is 13.1 Å². The Balaban J connectivity index is 1.68. The minimum atomic E-state index is -3.55. The van der Waals surface area contributed by atoms with Gasteiger partial charge in [0.05, 0.1) is 10.5 Å². The van der Waals surface area contributed by atoms with Crippen molar-refractivity contribution in [1.29, 1.82) is 0 Å². The molecular formula is C21H24FNO4S. The molecular weight excluding hydrogens is 381 g/mol. The molecule has 1 fully saturated rings. The third-order valence-corrected chi connectivity index (χ3v) is 7.01. The van der Waals surface area contributed by atoms with Crippen molar-refractivity contribution in [2.24, 2.45) is 5.92 Å². The summed E-state index contributed by atoms with van der Waals surface area (Å²) in [7, 11) is -3.55. The van der Waals surface area contributed by atoms with Gasteiger partial charge < -0.3 is 4.74 Å². The van der Waals surface area contributed by atoms with Gasteiger partial charge in [-0.1, -0.05) is 19.1 Å². The Bertz CT molecular complexity index is 918. The predicted molar refractivity (Wildman–Crippen MR) is 104 cm³/mol. The number of halogens is 1. The molecule has 3 rings (SSSR count). The Kier molecular flexibility index (Phi) is 6.15. The van der Waals surface area contributed by atoms with Crippen molar-refractivity contribution in [2.75, 3.05) is 13.1 Å². The zero-order chi connectivity index (χ0) is 20.3. The molecule has 0 N–H and O–H groups in total. The van der Waals surface area contributed by atoms with E-state index in [1.54, 1.807) is 19.1 Å². The van der Waals surface area contributed by atoms with E-state index in [1.807, 2.05) is 0 Å². The quantitative estimate of drug-likeness (QED) is 0.701. The lowest BCUT2D eigenvalue weighted by Gasteiger charge is -2.29. The van der Waals surface area contributed by atoms with E-state index < -0.39 is 22.1 Å².